The lowest BCUT2D eigenvalue weighted by atomic mass is 10.1. The Hall–Kier alpha value is -1.44. The van der Waals surface area contributed by atoms with Gasteiger partial charge in [0.05, 0.1) is 12.3 Å². The van der Waals surface area contributed by atoms with Crippen LogP contribution in [0, 0.1) is 13.8 Å². The first-order chi connectivity index (χ1) is 12.4. The van der Waals surface area contributed by atoms with Gasteiger partial charge in [0.1, 0.15) is 0 Å². The molecule has 0 aromatic carbocycles. The number of amides is 1. The van der Waals surface area contributed by atoms with Crippen molar-refractivity contribution < 1.29 is 9.53 Å². The first-order valence-corrected chi connectivity index (χ1v) is 9.55. The maximum absolute atomic E-state index is 13.1. The minimum Gasteiger partial charge on any atom is -0.383 e. The summed E-state index contributed by atoms with van der Waals surface area (Å²) in [6, 6.07) is 0.270. The van der Waals surface area contributed by atoms with Crippen molar-refractivity contribution in [2.75, 3.05) is 54.0 Å². The predicted molar refractivity (Wildman–Crippen MR) is 103 cm³/mol. The molecule has 0 bridgehead atoms. The van der Waals surface area contributed by atoms with E-state index in [9.17, 15) is 4.79 Å². The zero-order valence-corrected chi connectivity index (χ0v) is 17.3. The molecule has 0 N–H and O–H groups in total. The third-order valence-corrected chi connectivity index (χ3v) is 5.49. The number of ether oxygens (including phenoxy) is 1. The molecule has 1 aromatic rings. The number of hydrogen-bond acceptors (Lipinski definition) is 5. The van der Waals surface area contributed by atoms with Crippen LogP contribution >= 0.6 is 0 Å². The molecule has 1 aliphatic heterocycles. The SMILES string of the molecule is CCn1nc(C)c(CN(CCOC)C(=O)CC2CN(C)CCN2C)c1C. The van der Waals surface area contributed by atoms with Gasteiger partial charge in [-0.3, -0.25) is 9.48 Å². The Labute approximate surface area is 157 Å². The second-order valence-electron chi connectivity index (χ2n) is 7.37. The Morgan fingerprint density at radius 1 is 1.31 bits per heavy atom. The molecule has 148 valence electrons. The fourth-order valence-corrected chi connectivity index (χ4v) is 3.61. The smallest absolute Gasteiger partial charge is 0.224 e. The zero-order valence-electron chi connectivity index (χ0n) is 17.3. The molecule has 2 heterocycles. The van der Waals surface area contributed by atoms with Crippen LogP contribution in [0.15, 0.2) is 0 Å². The third kappa shape index (κ3) is 5.05. The standard InChI is InChI=1S/C19H35N5O2/c1-7-24-16(3)18(15(2)20-24)14-23(10-11-26-6)19(25)12-17-13-21(4)8-9-22(17)5/h17H,7-14H2,1-6H3. The summed E-state index contributed by atoms with van der Waals surface area (Å²) >= 11 is 0. The maximum Gasteiger partial charge on any atom is 0.224 e. The number of aryl methyl sites for hydroxylation is 2. The quantitative estimate of drug-likeness (QED) is 0.691. The van der Waals surface area contributed by atoms with Gasteiger partial charge in [-0.2, -0.15) is 5.10 Å². The van der Waals surface area contributed by atoms with Gasteiger partial charge in [-0.05, 0) is 34.9 Å². The molecule has 0 saturated carbocycles. The first kappa shape index (κ1) is 20.9. The molecule has 1 atom stereocenters. The van der Waals surface area contributed by atoms with Gasteiger partial charge in [0.2, 0.25) is 5.91 Å². The van der Waals surface area contributed by atoms with Gasteiger partial charge in [-0.15, -0.1) is 0 Å². The summed E-state index contributed by atoms with van der Waals surface area (Å²) in [5.74, 6) is 0.192. The van der Waals surface area contributed by atoms with E-state index in [4.69, 9.17) is 4.74 Å². The van der Waals surface area contributed by atoms with Crippen LogP contribution in [-0.2, 0) is 22.6 Å². The first-order valence-electron chi connectivity index (χ1n) is 9.55. The molecular formula is C19H35N5O2. The number of rotatable bonds is 8. The Balaban J connectivity index is 2.11. The molecular weight excluding hydrogens is 330 g/mol. The average molecular weight is 366 g/mol. The highest BCUT2D eigenvalue weighted by molar-refractivity contribution is 5.77. The maximum atomic E-state index is 13.1. The molecule has 1 amide bonds. The van der Waals surface area contributed by atoms with E-state index in [0.29, 0.717) is 26.1 Å². The lowest BCUT2D eigenvalue weighted by molar-refractivity contribution is -0.134. The minimum absolute atomic E-state index is 0.192. The van der Waals surface area contributed by atoms with Crippen LogP contribution in [-0.4, -0.2) is 90.4 Å². The molecule has 1 fully saturated rings. The van der Waals surface area contributed by atoms with Gasteiger partial charge in [0.15, 0.2) is 0 Å². The number of nitrogens with zero attached hydrogens (tertiary/aromatic N) is 5. The van der Waals surface area contributed by atoms with Gasteiger partial charge in [0.25, 0.3) is 0 Å². The van der Waals surface area contributed by atoms with Crippen molar-refractivity contribution in [3.8, 4) is 0 Å². The predicted octanol–water partition coefficient (Wildman–Crippen LogP) is 1.13. The van der Waals surface area contributed by atoms with Crippen LogP contribution in [0.2, 0.25) is 0 Å². The minimum atomic E-state index is 0.192. The van der Waals surface area contributed by atoms with Gasteiger partial charge in [-0.1, -0.05) is 0 Å². The largest absolute Gasteiger partial charge is 0.383 e. The molecule has 7 nitrogen and oxygen atoms in total. The van der Waals surface area contributed by atoms with E-state index in [1.807, 2.05) is 16.5 Å². The summed E-state index contributed by atoms with van der Waals surface area (Å²) in [7, 11) is 5.92. The van der Waals surface area contributed by atoms with Crippen LogP contribution in [0.3, 0.4) is 0 Å². The van der Waals surface area contributed by atoms with Crippen molar-refractivity contribution in [1.29, 1.82) is 0 Å². The molecule has 1 unspecified atom stereocenters. The van der Waals surface area contributed by atoms with Crippen LogP contribution in [0.1, 0.15) is 30.3 Å². The number of carbonyl (C=O) groups excluding carboxylic acids is 1. The van der Waals surface area contributed by atoms with Crippen molar-refractivity contribution in [2.24, 2.45) is 0 Å². The molecule has 1 aromatic heterocycles. The van der Waals surface area contributed by atoms with Gasteiger partial charge < -0.3 is 19.4 Å². The fraction of sp³-hybridized carbons (Fsp3) is 0.789. The van der Waals surface area contributed by atoms with Gasteiger partial charge >= 0.3 is 0 Å². The van der Waals surface area contributed by atoms with E-state index in [1.165, 1.54) is 0 Å². The zero-order chi connectivity index (χ0) is 19.3. The van der Waals surface area contributed by atoms with Crippen molar-refractivity contribution in [3.63, 3.8) is 0 Å². The van der Waals surface area contributed by atoms with Crippen LogP contribution in [0.4, 0.5) is 0 Å². The Morgan fingerprint density at radius 3 is 2.65 bits per heavy atom. The number of methoxy groups -OCH3 is 1. The average Bonchev–Trinajstić information content (AvgIpc) is 2.88. The molecule has 2 rings (SSSR count). The van der Waals surface area contributed by atoms with Crippen molar-refractivity contribution in [2.45, 2.75) is 46.3 Å². The highest BCUT2D eigenvalue weighted by Crippen LogP contribution is 2.18. The van der Waals surface area contributed by atoms with Crippen LogP contribution in [0.5, 0.6) is 0 Å². The molecule has 0 spiro atoms. The fourth-order valence-electron chi connectivity index (χ4n) is 3.61. The van der Waals surface area contributed by atoms with Crippen molar-refractivity contribution in [1.82, 2.24) is 24.5 Å². The number of hydrogen-bond donors (Lipinski definition) is 0. The van der Waals surface area contributed by atoms with Crippen LogP contribution in [0.25, 0.3) is 0 Å². The van der Waals surface area contributed by atoms with Gasteiger partial charge in [-0.25, -0.2) is 0 Å². The van der Waals surface area contributed by atoms with E-state index in [-0.39, 0.29) is 11.9 Å². The molecule has 0 radical (unpaired) electrons. The van der Waals surface area contributed by atoms with E-state index in [2.05, 4.69) is 42.8 Å². The number of aromatic nitrogens is 2. The Morgan fingerprint density at radius 2 is 2.04 bits per heavy atom. The second-order valence-corrected chi connectivity index (χ2v) is 7.37. The Kier molecular flexibility index (Phi) is 7.61. The highest BCUT2D eigenvalue weighted by atomic mass is 16.5. The molecule has 26 heavy (non-hydrogen) atoms. The van der Waals surface area contributed by atoms with E-state index in [0.717, 1.165) is 43.1 Å². The number of carbonyl (C=O) groups is 1. The van der Waals surface area contributed by atoms with Crippen LogP contribution < -0.4 is 0 Å². The molecule has 1 saturated heterocycles. The molecule has 0 aliphatic carbocycles. The number of piperazine rings is 1. The Bertz CT molecular complexity index is 601. The highest BCUT2D eigenvalue weighted by Gasteiger charge is 2.27. The number of likely N-dealkylation sites (N-methyl/N-ethyl adjacent to an activating group) is 2. The lowest BCUT2D eigenvalue weighted by Gasteiger charge is -2.38. The van der Waals surface area contributed by atoms with Crippen molar-refractivity contribution in [3.05, 3.63) is 17.0 Å². The summed E-state index contributed by atoms with van der Waals surface area (Å²) in [5, 5.41) is 4.59. The summed E-state index contributed by atoms with van der Waals surface area (Å²) in [4.78, 5) is 19.6. The second kappa shape index (κ2) is 9.48. The van der Waals surface area contributed by atoms with E-state index < -0.39 is 0 Å². The molecule has 1 aliphatic rings. The lowest BCUT2D eigenvalue weighted by Crippen LogP contribution is -2.51. The normalized spacial score (nSPS) is 19.1. The van der Waals surface area contributed by atoms with E-state index >= 15 is 0 Å². The van der Waals surface area contributed by atoms with Crippen molar-refractivity contribution >= 4 is 5.91 Å². The summed E-state index contributed by atoms with van der Waals surface area (Å²) in [5.41, 5.74) is 3.31. The third-order valence-electron chi connectivity index (χ3n) is 5.49. The monoisotopic (exact) mass is 365 g/mol. The molecule has 7 heteroatoms. The summed E-state index contributed by atoms with van der Waals surface area (Å²) in [6.45, 7) is 11.8. The topological polar surface area (TPSA) is 53.8 Å². The van der Waals surface area contributed by atoms with Gasteiger partial charge in [0, 0.05) is 70.1 Å². The van der Waals surface area contributed by atoms with E-state index in [1.54, 1.807) is 7.11 Å². The summed E-state index contributed by atoms with van der Waals surface area (Å²) in [6.07, 6.45) is 0.546. The summed E-state index contributed by atoms with van der Waals surface area (Å²) < 4.78 is 7.25.